The second-order valence-electron chi connectivity index (χ2n) is 4.66. The van der Waals surface area contributed by atoms with Crippen molar-refractivity contribution in [3.63, 3.8) is 0 Å². The van der Waals surface area contributed by atoms with Crippen LogP contribution in [0, 0.1) is 0 Å². The molecule has 0 aliphatic heterocycles. The number of aryl methyl sites for hydroxylation is 1. The van der Waals surface area contributed by atoms with Gasteiger partial charge in [-0.3, -0.25) is 4.68 Å². The van der Waals surface area contributed by atoms with Crippen LogP contribution < -0.4 is 5.32 Å². The first-order chi connectivity index (χ1) is 10.7. The zero-order chi connectivity index (χ0) is 17.0. The van der Waals surface area contributed by atoms with E-state index in [1.54, 1.807) is 18.8 Å². The Hall–Kier alpha value is -2.23. The molecule has 1 aromatic carbocycles. The summed E-state index contributed by atoms with van der Waals surface area (Å²) in [6.07, 6.45) is 1.39. The van der Waals surface area contributed by atoms with Crippen LogP contribution >= 0.6 is 11.8 Å². The van der Waals surface area contributed by atoms with Gasteiger partial charge in [-0.25, -0.2) is 9.78 Å². The third-order valence-corrected chi connectivity index (χ3v) is 3.61. The highest BCUT2D eigenvalue weighted by molar-refractivity contribution is 8.00. The van der Waals surface area contributed by atoms with Crippen LogP contribution in [0.15, 0.2) is 35.5 Å². The van der Waals surface area contributed by atoms with Gasteiger partial charge in [0.1, 0.15) is 12.2 Å². The minimum Gasteiger partial charge on any atom is -0.320 e. The van der Waals surface area contributed by atoms with Gasteiger partial charge in [0, 0.05) is 24.7 Å². The third kappa shape index (κ3) is 5.16. The van der Waals surface area contributed by atoms with Crippen LogP contribution in [-0.4, -0.2) is 38.3 Å². The van der Waals surface area contributed by atoms with Crippen molar-refractivity contribution in [1.29, 1.82) is 0 Å². The Morgan fingerprint density at radius 1 is 1.35 bits per heavy atom. The Labute approximate surface area is 134 Å². The molecule has 0 bridgehead atoms. The summed E-state index contributed by atoms with van der Waals surface area (Å²) in [7, 11) is 3.29. The summed E-state index contributed by atoms with van der Waals surface area (Å²) in [6, 6.07) is 5.04. The van der Waals surface area contributed by atoms with Gasteiger partial charge in [0.25, 0.3) is 0 Å². The van der Waals surface area contributed by atoms with E-state index >= 15 is 0 Å². The number of amides is 2. The van der Waals surface area contributed by atoms with E-state index in [0.29, 0.717) is 11.5 Å². The molecule has 0 unspecified atom stereocenters. The maximum Gasteiger partial charge on any atom is 0.446 e. The van der Waals surface area contributed by atoms with Crippen molar-refractivity contribution in [3.05, 3.63) is 36.4 Å². The predicted molar refractivity (Wildman–Crippen MR) is 79.8 cm³/mol. The fourth-order valence-corrected chi connectivity index (χ4v) is 2.25. The van der Waals surface area contributed by atoms with Crippen molar-refractivity contribution >= 4 is 23.5 Å². The van der Waals surface area contributed by atoms with Gasteiger partial charge in [-0.2, -0.15) is 18.3 Å². The number of alkyl halides is 3. The van der Waals surface area contributed by atoms with E-state index in [1.165, 1.54) is 35.5 Å². The smallest absolute Gasteiger partial charge is 0.320 e. The summed E-state index contributed by atoms with van der Waals surface area (Å²) in [5.74, 6) is 0.611. The van der Waals surface area contributed by atoms with E-state index in [-0.39, 0.29) is 23.2 Å². The lowest BCUT2D eigenvalue weighted by molar-refractivity contribution is -0.0328. The molecule has 0 spiro atoms. The van der Waals surface area contributed by atoms with Crippen LogP contribution in [0.5, 0.6) is 0 Å². The van der Waals surface area contributed by atoms with E-state index in [2.05, 4.69) is 15.4 Å². The molecule has 10 heteroatoms. The highest BCUT2D eigenvalue weighted by atomic mass is 32.2. The summed E-state index contributed by atoms with van der Waals surface area (Å²) in [6.45, 7) is 0.254. The highest BCUT2D eigenvalue weighted by Gasteiger charge is 2.29. The number of hydrogen-bond acceptors (Lipinski definition) is 4. The molecule has 1 aromatic heterocycles. The van der Waals surface area contributed by atoms with E-state index < -0.39 is 11.5 Å². The number of urea groups is 1. The number of hydrogen-bond donors (Lipinski definition) is 1. The maximum atomic E-state index is 12.2. The standard InChI is InChI=1S/C13H14F3N5OS/c1-20(7-11-17-8-18-21(11)2)12(22)19-9-3-5-10(6-4-9)23-13(14,15)16/h3-6,8H,7H2,1-2H3,(H,19,22). The molecule has 124 valence electrons. The molecule has 0 fully saturated rings. The van der Waals surface area contributed by atoms with Gasteiger partial charge in [-0.15, -0.1) is 0 Å². The van der Waals surface area contributed by atoms with Gasteiger partial charge in [-0.05, 0) is 36.0 Å². The van der Waals surface area contributed by atoms with Gasteiger partial charge >= 0.3 is 11.5 Å². The predicted octanol–water partition coefficient (Wildman–Crippen LogP) is 3.09. The van der Waals surface area contributed by atoms with Crippen molar-refractivity contribution in [2.75, 3.05) is 12.4 Å². The lowest BCUT2D eigenvalue weighted by Gasteiger charge is -2.17. The van der Waals surface area contributed by atoms with E-state index in [4.69, 9.17) is 0 Å². The summed E-state index contributed by atoms with van der Waals surface area (Å²) in [5.41, 5.74) is -3.92. The van der Waals surface area contributed by atoms with Crippen LogP contribution in [0.2, 0.25) is 0 Å². The van der Waals surface area contributed by atoms with Gasteiger partial charge in [0.15, 0.2) is 0 Å². The largest absolute Gasteiger partial charge is 0.446 e. The van der Waals surface area contributed by atoms with E-state index in [1.807, 2.05) is 0 Å². The molecular formula is C13H14F3N5OS. The molecule has 2 amide bonds. The van der Waals surface area contributed by atoms with Gasteiger partial charge in [0.05, 0.1) is 6.54 Å². The summed E-state index contributed by atoms with van der Waals surface area (Å²) >= 11 is -0.202. The second kappa shape index (κ2) is 6.90. The van der Waals surface area contributed by atoms with Crippen LogP contribution in [0.25, 0.3) is 0 Å². The second-order valence-corrected chi connectivity index (χ2v) is 5.80. The lowest BCUT2D eigenvalue weighted by atomic mass is 10.3. The molecule has 0 aliphatic carbocycles. The summed E-state index contributed by atoms with van der Waals surface area (Å²) in [5, 5.41) is 6.51. The van der Waals surface area contributed by atoms with Gasteiger partial charge in [0.2, 0.25) is 0 Å². The Balaban J connectivity index is 1.93. The van der Waals surface area contributed by atoms with E-state index in [9.17, 15) is 18.0 Å². The molecule has 0 saturated carbocycles. The molecule has 2 aromatic rings. The number of nitrogens with zero attached hydrogens (tertiary/aromatic N) is 4. The minimum absolute atomic E-state index is 0.0583. The van der Waals surface area contributed by atoms with Crippen LogP contribution in [-0.2, 0) is 13.6 Å². The zero-order valence-corrected chi connectivity index (χ0v) is 13.1. The van der Waals surface area contributed by atoms with Gasteiger partial charge < -0.3 is 10.2 Å². The molecular weight excluding hydrogens is 331 g/mol. The number of thioether (sulfide) groups is 1. The topological polar surface area (TPSA) is 63.1 Å². The Kier molecular flexibility index (Phi) is 5.14. The molecule has 1 heterocycles. The Bertz CT molecular complexity index is 671. The molecule has 0 radical (unpaired) electrons. The number of nitrogens with one attached hydrogen (secondary N) is 1. The maximum absolute atomic E-state index is 12.2. The molecule has 0 aliphatic rings. The first-order valence-corrected chi connectivity index (χ1v) is 7.27. The first kappa shape index (κ1) is 17.1. The van der Waals surface area contributed by atoms with Crippen molar-refractivity contribution in [3.8, 4) is 0 Å². The molecule has 2 rings (SSSR count). The first-order valence-electron chi connectivity index (χ1n) is 6.45. The van der Waals surface area contributed by atoms with Crippen LogP contribution in [0.4, 0.5) is 23.7 Å². The minimum atomic E-state index is -4.33. The molecule has 6 nitrogen and oxygen atoms in total. The summed E-state index contributed by atoms with van der Waals surface area (Å²) in [4.78, 5) is 17.5. The van der Waals surface area contributed by atoms with Crippen molar-refractivity contribution in [1.82, 2.24) is 19.7 Å². The summed E-state index contributed by atoms with van der Waals surface area (Å²) < 4.78 is 38.3. The number of rotatable bonds is 4. The monoisotopic (exact) mass is 345 g/mol. The fourth-order valence-electron chi connectivity index (χ4n) is 1.71. The van der Waals surface area contributed by atoms with Crippen LogP contribution in [0.1, 0.15) is 5.82 Å². The number of carbonyl (C=O) groups excluding carboxylic acids is 1. The van der Waals surface area contributed by atoms with Crippen molar-refractivity contribution in [2.24, 2.45) is 7.05 Å². The number of halogens is 3. The lowest BCUT2D eigenvalue weighted by Crippen LogP contribution is -2.31. The average molecular weight is 345 g/mol. The van der Waals surface area contributed by atoms with Crippen molar-refractivity contribution < 1.29 is 18.0 Å². The molecule has 0 atom stereocenters. The molecule has 23 heavy (non-hydrogen) atoms. The Morgan fingerprint density at radius 3 is 2.52 bits per heavy atom. The number of benzene rings is 1. The molecule has 1 N–H and O–H groups in total. The quantitative estimate of drug-likeness (QED) is 0.865. The molecule has 0 saturated heterocycles. The van der Waals surface area contributed by atoms with Crippen molar-refractivity contribution in [2.45, 2.75) is 16.9 Å². The average Bonchev–Trinajstić information content (AvgIpc) is 2.85. The number of anilines is 1. The van der Waals surface area contributed by atoms with Gasteiger partial charge in [-0.1, -0.05) is 0 Å². The van der Waals surface area contributed by atoms with Crippen LogP contribution in [0.3, 0.4) is 0 Å². The normalized spacial score (nSPS) is 11.3. The number of carbonyl (C=O) groups is 1. The van der Waals surface area contributed by atoms with E-state index in [0.717, 1.165) is 0 Å². The fraction of sp³-hybridized carbons (Fsp3) is 0.308. The zero-order valence-electron chi connectivity index (χ0n) is 12.3. The highest BCUT2D eigenvalue weighted by Crippen LogP contribution is 2.37. The number of aromatic nitrogens is 3. The third-order valence-electron chi connectivity index (χ3n) is 2.87. The SMILES string of the molecule is CN(Cc1ncnn1C)C(=O)Nc1ccc(SC(F)(F)F)cc1. The Morgan fingerprint density at radius 2 is 2.00 bits per heavy atom.